The number of aliphatic carboxylic acids is 1. The molecule has 0 aromatic rings. The Bertz CT molecular complexity index is 301. The number of allylic oxidation sites excluding steroid dienone is 1. The Hall–Kier alpha value is -1.32. The molecule has 90 valence electrons. The van der Waals surface area contributed by atoms with Gasteiger partial charge in [-0.1, -0.05) is 6.08 Å². The maximum absolute atomic E-state index is 11.7. The van der Waals surface area contributed by atoms with Crippen molar-refractivity contribution < 1.29 is 14.7 Å². The van der Waals surface area contributed by atoms with Gasteiger partial charge in [-0.15, -0.1) is 6.58 Å². The van der Waals surface area contributed by atoms with Crippen molar-refractivity contribution in [3.05, 3.63) is 12.7 Å². The SMILES string of the molecule is C=CCCCC(=O)N1CCC(C)(C(=O)O)C1. The molecule has 4 heteroatoms. The molecule has 16 heavy (non-hydrogen) atoms. The number of rotatable bonds is 5. The Balaban J connectivity index is 2.43. The van der Waals surface area contributed by atoms with Gasteiger partial charge in [0.05, 0.1) is 5.41 Å². The van der Waals surface area contributed by atoms with Gasteiger partial charge in [0.1, 0.15) is 0 Å². The van der Waals surface area contributed by atoms with Crippen LogP contribution in [0.4, 0.5) is 0 Å². The van der Waals surface area contributed by atoms with E-state index in [0.29, 0.717) is 25.9 Å². The summed E-state index contributed by atoms with van der Waals surface area (Å²) in [5.74, 6) is -0.749. The number of carbonyl (C=O) groups excluding carboxylic acids is 1. The first-order valence-corrected chi connectivity index (χ1v) is 5.62. The predicted molar refractivity (Wildman–Crippen MR) is 61.0 cm³/mol. The Labute approximate surface area is 95.9 Å². The maximum Gasteiger partial charge on any atom is 0.311 e. The molecule has 1 unspecified atom stereocenters. The fourth-order valence-electron chi connectivity index (χ4n) is 1.90. The van der Waals surface area contributed by atoms with Crippen LogP contribution in [-0.2, 0) is 9.59 Å². The van der Waals surface area contributed by atoms with Crippen molar-refractivity contribution in [2.45, 2.75) is 32.6 Å². The lowest BCUT2D eigenvalue weighted by atomic mass is 9.90. The molecule has 1 amide bonds. The maximum atomic E-state index is 11.7. The van der Waals surface area contributed by atoms with Crippen molar-refractivity contribution in [3.63, 3.8) is 0 Å². The van der Waals surface area contributed by atoms with E-state index in [1.807, 2.05) is 0 Å². The highest BCUT2D eigenvalue weighted by atomic mass is 16.4. The lowest BCUT2D eigenvalue weighted by molar-refractivity contribution is -0.147. The number of amides is 1. The summed E-state index contributed by atoms with van der Waals surface area (Å²) in [4.78, 5) is 24.4. The van der Waals surface area contributed by atoms with Gasteiger partial charge in [-0.25, -0.2) is 0 Å². The molecular formula is C12H19NO3. The van der Waals surface area contributed by atoms with E-state index in [1.165, 1.54) is 0 Å². The Kier molecular flexibility index (Phi) is 4.10. The second-order valence-corrected chi connectivity index (χ2v) is 4.61. The average Bonchev–Trinajstić information content (AvgIpc) is 2.63. The third kappa shape index (κ3) is 2.84. The monoisotopic (exact) mass is 225 g/mol. The first kappa shape index (κ1) is 12.7. The molecule has 4 nitrogen and oxygen atoms in total. The lowest BCUT2D eigenvalue weighted by Gasteiger charge is -2.20. The minimum absolute atomic E-state index is 0.0619. The van der Waals surface area contributed by atoms with Crippen molar-refractivity contribution >= 4 is 11.9 Å². The number of carboxylic acid groups (broad SMARTS) is 1. The number of unbranched alkanes of at least 4 members (excludes halogenated alkanes) is 1. The van der Waals surface area contributed by atoms with E-state index in [1.54, 1.807) is 17.9 Å². The largest absolute Gasteiger partial charge is 0.481 e. The Morgan fingerprint density at radius 1 is 1.56 bits per heavy atom. The summed E-state index contributed by atoms with van der Waals surface area (Å²) in [6.07, 6.45) is 4.45. The van der Waals surface area contributed by atoms with Crippen molar-refractivity contribution in [1.29, 1.82) is 0 Å². The minimum Gasteiger partial charge on any atom is -0.481 e. The van der Waals surface area contributed by atoms with E-state index in [2.05, 4.69) is 6.58 Å². The van der Waals surface area contributed by atoms with Crippen LogP contribution >= 0.6 is 0 Å². The smallest absolute Gasteiger partial charge is 0.311 e. The quantitative estimate of drug-likeness (QED) is 0.572. The van der Waals surface area contributed by atoms with Gasteiger partial charge < -0.3 is 10.0 Å². The first-order chi connectivity index (χ1) is 7.49. The predicted octanol–water partition coefficient (Wildman–Crippen LogP) is 1.67. The van der Waals surface area contributed by atoms with Crippen molar-refractivity contribution in [1.82, 2.24) is 4.90 Å². The van der Waals surface area contributed by atoms with Crippen LogP contribution in [0.5, 0.6) is 0 Å². The van der Waals surface area contributed by atoms with E-state index >= 15 is 0 Å². The Morgan fingerprint density at radius 3 is 2.75 bits per heavy atom. The zero-order valence-corrected chi connectivity index (χ0v) is 9.74. The fraction of sp³-hybridized carbons (Fsp3) is 0.667. The second kappa shape index (κ2) is 5.14. The highest BCUT2D eigenvalue weighted by molar-refractivity contribution is 5.80. The molecule has 1 rings (SSSR count). The van der Waals surface area contributed by atoms with Crippen LogP contribution in [0.1, 0.15) is 32.6 Å². The van der Waals surface area contributed by atoms with Crippen LogP contribution in [0.15, 0.2) is 12.7 Å². The van der Waals surface area contributed by atoms with E-state index < -0.39 is 11.4 Å². The summed E-state index contributed by atoms with van der Waals surface area (Å²) >= 11 is 0. The van der Waals surface area contributed by atoms with Crippen molar-refractivity contribution in [3.8, 4) is 0 Å². The summed E-state index contributed by atoms with van der Waals surface area (Å²) in [6, 6.07) is 0. The number of likely N-dealkylation sites (tertiary alicyclic amines) is 1. The van der Waals surface area contributed by atoms with Gasteiger partial charge in [-0.05, 0) is 26.2 Å². The van der Waals surface area contributed by atoms with E-state index in [0.717, 1.165) is 12.8 Å². The summed E-state index contributed by atoms with van der Waals surface area (Å²) in [6.45, 7) is 6.21. The number of nitrogens with zero attached hydrogens (tertiary/aromatic N) is 1. The van der Waals surface area contributed by atoms with Crippen LogP contribution in [0, 0.1) is 5.41 Å². The third-order valence-corrected chi connectivity index (χ3v) is 3.14. The molecular weight excluding hydrogens is 206 g/mol. The van der Waals surface area contributed by atoms with Gasteiger partial charge in [0.2, 0.25) is 5.91 Å². The zero-order chi connectivity index (χ0) is 12.2. The first-order valence-electron chi connectivity index (χ1n) is 5.62. The van der Waals surface area contributed by atoms with E-state index in [-0.39, 0.29) is 5.91 Å². The van der Waals surface area contributed by atoms with Crippen LogP contribution in [0.25, 0.3) is 0 Å². The fourth-order valence-corrected chi connectivity index (χ4v) is 1.90. The van der Waals surface area contributed by atoms with Crippen molar-refractivity contribution in [2.75, 3.05) is 13.1 Å². The summed E-state index contributed by atoms with van der Waals surface area (Å²) in [7, 11) is 0. The Morgan fingerprint density at radius 2 is 2.25 bits per heavy atom. The molecule has 0 radical (unpaired) electrons. The van der Waals surface area contributed by atoms with Crippen LogP contribution in [0.2, 0.25) is 0 Å². The lowest BCUT2D eigenvalue weighted by Crippen LogP contribution is -2.34. The molecule has 1 aliphatic heterocycles. The van der Waals surface area contributed by atoms with Gasteiger partial charge in [0.15, 0.2) is 0 Å². The van der Waals surface area contributed by atoms with Crippen LogP contribution < -0.4 is 0 Å². The van der Waals surface area contributed by atoms with Gasteiger partial charge in [0, 0.05) is 19.5 Å². The van der Waals surface area contributed by atoms with Gasteiger partial charge in [-0.3, -0.25) is 9.59 Å². The molecule has 1 fully saturated rings. The zero-order valence-electron chi connectivity index (χ0n) is 9.74. The molecule has 1 atom stereocenters. The molecule has 1 saturated heterocycles. The second-order valence-electron chi connectivity index (χ2n) is 4.61. The molecule has 0 saturated carbocycles. The standard InChI is InChI=1S/C12H19NO3/c1-3-4-5-6-10(14)13-8-7-12(2,9-13)11(15)16/h3H,1,4-9H2,2H3,(H,15,16). The highest BCUT2D eigenvalue weighted by Gasteiger charge is 2.41. The molecule has 1 aliphatic rings. The molecule has 0 aromatic heterocycles. The molecule has 0 spiro atoms. The number of carbonyl (C=O) groups is 2. The normalized spacial score (nSPS) is 24.4. The molecule has 1 N–H and O–H groups in total. The van der Waals surface area contributed by atoms with Crippen LogP contribution in [0.3, 0.4) is 0 Å². The van der Waals surface area contributed by atoms with Gasteiger partial charge >= 0.3 is 5.97 Å². The molecule has 1 heterocycles. The summed E-state index contributed by atoms with van der Waals surface area (Å²) in [5, 5.41) is 9.03. The van der Waals surface area contributed by atoms with Crippen LogP contribution in [-0.4, -0.2) is 35.0 Å². The molecule has 0 aliphatic carbocycles. The summed E-state index contributed by atoms with van der Waals surface area (Å²) in [5.41, 5.74) is -0.756. The number of hydrogen-bond acceptors (Lipinski definition) is 2. The van der Waals surface area contributed by atoms with Gasteiger partial charge in [0.25, 0.3) is 0 Å². The molecule has 0 aromatic carbocycles. The van der Waals surface area contributed by atoms with E-state index in [9.17, 15) is 9.59 Å². The molecule has 0 bridgehead atoms. The highest BCUT2D eigenvalue weighted by Crippen LogP contribution is 2.30. The summed E-state index contributed by atoms with van der Waals surface area (Å²) < 4.78 is 0. The number of hydrogen-bond donors (Lipinski definition) is 1. The minimum atomic E-state index is -0.811. The number of carboxylic acids is 1. The van der Waals surface area contributed by atoms with E-state index in [4.69, 9.17) is 5.11 Å². The third-order valence-electron chi connectivity index (χ3n) is 3.14. The van der Waals surface area contributed by atoms with Crippen molar-refractivity contribution in [2.24, 2.45) is 5.41 Å². The topological polar surface area (TPSA) is 57.6 Å². The average molecular weight is 225 g/mol. The van der Waals surface area contributed by atoms with Gasteiger partial charge in [-0.2, -0.15) is 0 Å².